The second kappa shape index (κ2) is 6.19. The molecule has 0 unspecified atom stereocenters. The molecule has 16 heavy (non-hydrogen) atoms. The van der Waals surface area contributed by atoms with E-state index < -0.39 is 10.0 Å². The van der Waals surface area contributed by atoms with E-state index >= 15 is 0 Å². The molecule has 3 N–H and O–H groups in total. The average Bonchev–Trinajstić information content (AvgIpc) is 2.65. The highest BCUT2D eigenvalue weighted by Gasteiger charge is 2.20. The highest BCUT2D eigenvalue weighted by molar-refractivity contribution is 7.89. The van der Waals surface area contributed by atoms with Crippen LogP contribution in [-0.4, -0.2) is 30.8 Å². The number of halogens is 1. The first-order chi connectivity index (χ1) is 7.01. The van der Waals surface area contributed by atoms with Gasteiger partial charge in [0.05, 0.1) is 6.20 Å². The molecular weight excluding hydrogens is 252 g/mol. The van der Waals surface area contributed by atoms with Crippen molar-refractivity contribution in [3.8, 4) is 0 Å². The lowest BCUT2D eigenvalue weighted by Gasteiger charge is -2.12. The minimum atomic E-state index is -3.50. The first-order valence-corrected chi connectivity index (χ1v) is 6.23. The van der Waals surface area contributed by atoms with Gasteiger partial charge in [0.2, 0.25) is 0 Å². The lowest BCUT2D eigenvalue weighted by atomic mass is 10.4. The van der Waals surface area contributed by atoms with Crippen LogP contribution in [0.3, 0.4) is 0 Å². The Balaban J connectivity index is 0.00000225. The topological polar surface area (TPSA) is 90.0 Å². The number of sulfonamides is 1. The van der Waals surface area contributed by atoms with Crippen LogP contribution in [0, 0.1) is 0 Å². The van der Waals surface area contributed by atoms with Crippen LogP contribution in [-0.2, 0) is 16.6 Å². The van der Waals surface area contributed by atoms with Crippen molar-refractivity contribution in [2.75, 3.05) is 6.54 Å². The van der Waals surface area contributed by atoms with Gasteiger partial charge < -0.3 is 5.73 Å². The summed E-state index contributed by atoms with van der Waals surface area (Å²) in [6.07, 6.45) is 1.46. The van der Waals surface area contributed by atoms with Gasteiger partial charge in [0.1, 0.15) is 0 Å². The van der Waals surface area contributed by atoms with Crippen molar-refractivity contribution in [1.29, 1.82) is 0 Å². The summed E-state index contributed by atoms with van der Waals surface area (Å²) in [5, 5.41) is 4.07. The molecule has 1 rings (SSSR count). The van der Waals surface area contributed by atoms with Gasteiger partial charge in [-0.25, -0.2) is 13.1 Å². The third kappa shape index (κ3) is 3.44. The number of hydrogen-bond acceptors (Lipinski definition) is 4. The molecule has 0 aliphatic carbocycles. The summed E-state index contributed by atoms with van der Waals surface area (Å²) < 4.78 is 27.5. The molecule has 0 aliphatic heterocycles. The molecule has 0 aromatic carbocycles. The molecule has 8 heteroatoms. The van der Waals surface area contributed by atoms with Crippen molar-refractivity contribution in [1.82, 2.24) is 14.5 Å². The highest BCUT2D eigenvalue weighted by Crippen LogP contribution is 2.07. The van der Waals surface area contributed by atoms with E-state index in [-0.39, 0.29) is 30.0 Å². The SMILES string of the molecule is CCn1nccc1S(=O)(=O)N[C@@H](C)CN.Cl. The second-order valence-electron chi connectivity index (χ2n) is 3.24. The number of hydrogen-bond donors (Lipinski definition) is 2. The van der Waals surface area contributed by atoms with E-state index in [0.717, 1.165) is 0 Å². The lowest BCUT2D eigenvalue weighted by Crippen LogP contribution is -2.38. The van der Waals surface area contributed by atoms with Crippen LogP contribution in [0.15, 0.2) is 17.3 Å². The highest BCUT2D eigenvalue weighted by atomic mass is 35.5. The van der Waals surface area contributed by atoms with Crippen LogP contribution in [0.2, 0.25) is 0 Å². The summed E-state index contributed by atoms with van der Waals surface area (Å²) in [7, 11) is -3.50. The molecule has 0 fully saturated rings. The molecule has 94 valence electrons. The number of aromatic nitrogens is 2. The average molecular weight is 269 g/mol. The van der Waals surface area contributed by atoms with E-state index in [9.17, 15) is 8.42 Å². The van der Waals surface area contributed by atoms with E-state index in [0.29, 0.717) is 6.54 Å². The van der Waals surface area contributed by atoms with Crippen LogP contribution in [0.5, 0.6) is 0 Å². The number of rotatable bonds is 5. The Bertz CT molecular complexity index is 417. The zero-order valence-corrected chi connectivity index (χ0v) is 10.9. The monoisotopic (exact) mass is 268 g/mol. The van der Waals surface area contributed by atoms with Gasteiger partial charge in [-0.15, -0.1) is 12.4 Å². The summed E-state index contributed by atoms with van der Waals surface area (Å²) in [4.78, 5) is 0. The number of aryl methyl sites for hydroxylation is 1. The maximum Gasteiger partial charge on any atom is 0.257 e. The van der Waals surface area contributed by atoms with Crippen molar-refractivity contribution in [2.24, 2.45) is 5.73 Å². The van der Waals surface area contributed by atoms with Gasteiger partial charge in [-0.2, -0.15) is 5.10 Å². The molecule has 1 aromatic rings. The van der Waals surface area contributed by atoms with Crippen molar-refractivity contribution < 1.29 is 8.42 Å². The molecule has 1 atom stereocenters. The van der Waals surface area contributed by atoms with Gasteiger partial charge in [-0.05, 0) is 19.9 Å². The van der Waals surface area contributed by atoms with Gasteiger partial charge >= 0.3 is 0 Å². The molecule has 1 aromatic heterocycles. The van der Waals surface area contributed by atoms with Gasteiger partial charge in [0, 0.05) is 19.1 Å². The summed E-state index contributed by atoms with van der Waals surface area (Å²) in [5.41, 5.74) is 5.35. The van der Waals surface area contributed by atoms with E-state index in [4.69, 9.17) is 5.73 Å². The molecule has 6 nitrogen and oxygen atoms in total. The molecule has 0 bridgehead atoms. The van der Waals surface area contributed by atoms with Crippen LogP contribution in [0.4, 0.5) is 0 Å². The fourth-order valence-electron chi connectivity index (χ4n) is 1.16. The summed E-state index contributed by atoms with van der Waals surface area (Å²) in [6.45, 7) is 4.32. The Hall–Kier alpha value is -0.630. The van der Waals surface area contributed by atoms with Crippen molar-refractivity contribution >= 4 is 22.4 Å². The van der Waals surface area contributed by atoms with Crippen LogP contribution < -0.4 is 10.5 Å². The molecule has 0 amide bonds. The Kier molecular flexibility index (Phi) is 5.95. The number of nitrogens with one attached hydrogen (secondary N) is 1. The quantitative estimate of drug-likeness (QED) is 0.784. The molecule has 0 saturated heterocycles. The largest absolute Gasteiger partial charge is 0.329 e. The normalized spacial score (nSPS) is 13.2. The Labute approximate surface area is 102 Å². The van der Waals surface area contributed by atoms with Gasteiger partial charge in [0.25, 0.3) is 10.0 Å². The summed E-state index contributed by atoms with van der Waals surface area (Å²) in [6, 6.07) is 1.19. The molecule has 0 saturated carbocycles. The van der Waals surface area contributed by atoms with Crippen LogP contribution in [0.25, 0.3) is 0 Å². The van der Waals surface area contributed by atoms with Crippen LogP contribution >= 0.6 is 12.4 Å². The van der Waals surface area contributed by atoms with E-state index in [1.165, 1.54) is 16.9 Å². The lowest BCUT2D eigenvalue weighted by molar-refractivity contribution is 0.532. The maximum absolute atomic E-state index is 11.8. The molecule has 0 radical (unpaired) electrons. The smallest absolute Gasteiger partial charge is 0.257 e. The molecular formula is C8H17ClN4O2S. The molecule has 0 spiro atoms. The van der Waals surface area contributed by atoms with Crippen molar-refractivity contribution in [3.63, 3.8) is 0 Å². The predicted octanol–water partition coefficient (Wildman–Crippen LogP) is -0.0497. The molecule has 0 aliphatic rings. The minimum absolute atomic E-state index is 0. The van der Waals surface area contributed by atoms with Crippen molar-refractivity contribution in [3.05, 3.63) is 12.3 Å². The van der Waals surface area contributed by atoms with Crippen LogP contribution in [0.1, 0.15) is 13.8 Å². The van der Waals surface area contributed by atoms with E-state index in [1.54, 1.807) is 6.92 Å². The zero-order chi connectivity index (χ0) is 11.5. The Morgan fingerprint density at radius 3 is 2.75 bits per heavy atom. The standard InChI is InChI=1S/C8H16N4O2S.ClH/c1-3-12-8(4-5-10-12)15(13,14)11-7(2)6-9;/h4-5,7,11H,3,6,9H2,1-2H3;1H/t7-;/m0./s1. The maximum atomic E-state index is 11.8. The van der Waals surface area contributed by atoms with Gasteiger partial charge in [0.15, 0.2) is 5.03 Å². The summed E-state index contributed by atoms with van der Waals surface area (Å²) >= 11 is 0. The van der Waals surface area contributed by atoms with E-state index in [2.05, 4.69) is 9.82 Å². The summed E-state index contributed by atoms with van der Waals surface area (Å²) in [5.74, 6) is 0. The first-order valence-electron chi connectivity index (χ1n) is 4.75. The van der Waals surface area contributed by atoms with Gasteiger partial charge in [-0.1, -0.05) is 0 Å². The second-order valence-corrected chi connectivity index (χ2v) is 4.90. The molecule has 1 heterocycles. The fraction of sp³-hybridized carbons (Fsp3) is 0.625. The third-order valence-electron chi connectivity index (χ3n) is 1.96. The Morgan fingerprint density at radius 2 is 2.25 bits per heavy atom. The number of nitrogens with two attached hydrogens (primary N) is 1. The number of nitrogens with zero attached hydrogens (tertiary/aromatic N) is 2. The Morgan fingerprint density at radius 1 is 1.62 bits per heavy atom. The van der Waals surface area contributed by atoms with Crippen molar-refractivity contribution in [2.45, 2.75) is 31.5 Å². The predicted molar refractivity (Wildman–Crippen MR) is 64.0 cm³/mol. The van der Waals surface area contributed by atoms with Gasteiger partial charge in [-0.3, -0.25) is 4.68 Å². The first kappa shape index (κ1) is 15.4. The van der Waals surface area contributed by atoms with E-state index in [1.807, 2.05) is 6.92 Å². The minimum Gasteiger partial charge on any atom is -0.329 e. The fourth-order valence-corrected chi connectivity index (χ4v) is 2.60. The zero-order valence-electron chi connectivity index (χ0n) is 9.25. The third-order valence-corrected chi connectivity index (χ3v) is 3.57.